The van der Waals surface area contributed by atoms with E-state index in [-0.39, 0.29) is 11.4 Å². The predicted molar refractivity (Wildman–Crippen MR) is 99.2 cm³/mol. The van der Waals surface area contributed by atoms with Gasteiger partial charge in [-0.1, -0.05) is 0 Å². The van der Waals surface area contributed by atoms with E-state index < -0.39 is 5.91 Å². The van der Waals surface area contributed by atoms with Crippen LogP contribution in [0.1, 0.15) is 10.4 Å². The SMILES string of the molecule is COc1ccc(Nc2ncc(C(=O)Nc3ccc(F)cc3)cn2)c(OC)c1. The number of aromatic nitrogens is 2. The Morgan fingerprint density at radius 3 is 2.33 bits per heavy atom. The molecule has 0 aliphatic rings. The van der Waals surface area contributed by atoms with Gasteiger partial charge in [0, 0.05) is 24.1 Å². The van der Waals surface area contributed by atoms with Crippen molar-refractivity contribution in [1.29, 1.82) is 0 Å². The highest BCUT2D eigenvalue weighted by Gasteiger charge is 2.10. The predicted octanol–water partition coefficient (Wildman–Crippen LogP) is 3.63. The van der Waals surface area contributed by atoms with Crippen LogP contribution in [-0.2, 0) is 0 Å². The maximum atomic E-state index is 12.9. The fourth-order valence-electron chi connectivity index (χ4n) is 2.27. The van der Waals surface area contributed by atoms with Gasteiger partial charge in [0.2, 0.25) is 5.95 Å². The monoisotopic (exact) mass is 368 g/mol. The third kappa shape index (κ3) is 4.49. The second-order valence-electron chi connectivity index (χ2n) is 5.45. The lowest BCUT2D eigenvalue weighted by Gasteiger charge is -2.11. The first kappa shape index (κ1) is 18.1. The van der Waals surface area contributed by atoms with Gasteiger partial charge in [0.05, 0.1) is 25.5 Å². The summed E-state index contributed by atoms with van der Waals surface area (Å²) in [7, 11) is 3.12. The Morgan fingerprint density at radius 2 is 1.70 bits per heavy atom. The fraction of sp³-hybridized carbons (Fsp3) is 0.105. The maximum absolute atomic E-state index is 12.9. The Hall–Kier alpha value is -3.68. The summed E-state index contributed by atoms with van der Waals surface area (Å²) >= 11 is 0. The number of carbonyl (C=O) groups excluding carboxylic acids is 1. The lowest BCUT2D eigenvalue weighted by molar-refractivity contribution is 0.102. The third-order valence-corrected chi connectivity index (χ3v) is 3.67. The number of amides is 1. The minimum Gasteiger partial charge on any atom is -0.497 e. The zero-order chi connectivity index (χ0) is 19.2. The van der Waals surface area contributed by atoms with Crippen LogP contribution in [0.5, 0.6) is 11.5 Å². The molecule has 27 heavy (non-hydrogen) atoms. The van der Waals surface area contributed by atoms with Crippen LogP contribution in [0.2, 0.25) is 0 Å². The number of halogens is 1. The van der Waals surface area contributed by atoms with Crippen LogP contribution in [-0.4, -0.2) is 30.1 Å². The molecule has 0 aliphatic carbocycles. The van der Waals surface area contributed by atoms with Crippen molar-refractivity contribution in [1.82, 2.24) is 9.97 Å². The molecule has 0 atom stereocenters. The van der Waals surface area contributed by atoms with Crippen LogP contribution < -0.4 is 20.1 Å². The van der Waals surface area contributed by atoms with Gasteiger partial charge in [-0.3, -0.25) is 4.79 Å². The third-order valence-electron chi connectivity index (χ3n) is 3.67. The topological polar surface area (TPSA) is 85.4 Å². The van der Waals surface area contributed by atoms with Crippen molar-refractivity contribution in [3.8, 4) is 11.5 Å². The molecule has 0 bridgehead atoms. The molecular formula is C19H17FN4O3. The molecule has 1 heterocycles. The molecule has 0 saturated heterocycles. The molecule has 3 rings (SSSR count). The molecule has 3 aromatic rings. The number of carbonyl (C=O) groups is 1. The highest BCUT2D eigenvalue weighted by molar-refractivity contribution is 6.03. The second kappa shape index (κ2) is 8.13. The highest BCUT2D eigenvalue weighted by Crippen LogP contribution is 2.30. The Labute approximate surface area is 155 Å². The summed E-state index contributed by atoms with van der Waals surface area (Å²) in [4.78, 5) is 20.5. The molecule has 0 aliphatic heterocycles. The maximum Gasteiger partial charge on any atom is 0.258 e. The number of nitrogens with one attached hydrogen (secondary N) is 2. The lowest BCUT2D eigenvalue weighted by Crippen LogP contribution is -2.13. The largest absolute Gasteiger partial charge is 0.497 e. The van der Waals surface area contributed by atoms with Gasteiger partial charge in [-0.15, -0.1) is 0 Å². The highest BCUT2D eigenvalue weighted by atomic mass is 19.1. The van der Waals surface area contributed by atoms with Crippen LogP contribution in [0.25, 0.3) is 0 Å². The van der Waals surface area contributed by atoms with E-state index in [1.165, 1.54) is 36.7 Å². The van der Waals surface area contributed by atoms with Crippen molar-refractivity contribution < 1.29 is 18.7 Å². The van der Waals surface area contributed by atoms with E-state index in [2.05, 4.69) is 20.6 Å². The van der Waals surface area contributed by atoms with E-state index in [0.29, 0.717) is 28.8 Å². The van der Waals surface area contributed by atoms with E-state index in [1.807, 2.05) is 0 Å². The molecule has 1 aromatic heterocycles. The molecule has 2 N–H and O–H groups in total. The van der Waals surface area contributed by atoms with Crippen LogP contribution in [0.3, 0.4) is 0 Å². The zero-order valence-electron chi connectivity index (χ0n) is 14.7. The molecule has 0 spiro atoms. The summed E-state index contributed by atoms with van der Waals surface area (Å²) in [5.41, 5.74) is 1.40. The number of hydrogen-bond acceptors (Lipinski definition) is 6. The minimum atomic E-state index is -0.393. The number of anilines is 3. The first-order valence-corrected chi connectivity index (χ1v) is 7.97. The van der Waals surface area contributed by atoms with E-state index >= 15 is 0 Å². The van der Waals surface area contributed by atoms with E-state index in [4.69, 9.17) is 9.47 Å². The summed E-state index contributed by atoms with van der Waals surface area (Å²) in [6, 6.07) is 10.8. The first-order chi connectivity index (χ1) is 13.1. The van der Waals surface area contributed by atoms with Crippen molar-refractivity contribution >= 4 is 23.2 Å². The van der Waals surface area contributed by atoms with Crippen LogP contribution in [0, 0.1) is 5.82 Å². The molecule has 1 amide bonds. The summed E-state index contributed by atoms with van der Waals surface area (Å²) in [6.07, 6.45) is 2.79. The van der Waals surface area contributed by atoms with Gasteiger partial charge in [-0.25, -0.2) is 14.4 Å². The average Bonchev–Trinajstić information content (AvgIpc) is 2.70. The quantitative estimate of drug-likeness (QED) is 0.691. The van der Waals surface area contributed by atoms with Gasteiger partial charge in [0.25, 0.3) is 5.91 Å². The molecule has 2 aromatic carbocycles. The molecular weight excluding hydrogens is 351 g/mol. The molecule has 138 valence electrons. The van der Waals surface area contributed by atoms with Crippen molar-refractivity contribution in [3.05, 3.63) is 66.2 Å². The number of ether oxygens (including phenoxy) is 2. The van der Waals surface area contributed by atoms with Gasteiger partial charge in [0.1, 0.15) is 17.3 Å². The number of benzene rings is 2. The van der Waals surface area contributed by atoms with Gasteiger partial charge in [-0.2, -0.15) is 0 Å². The van der Waals surface area contributed by atoms with E-state index in [9.17, 15) is 9.18 Å². The van der Waals surface area contributed by atoms with Crippen LogP contribution >= 0.6 is 0 Å². The summed E-state index contributed by atoms with van der Waals surface area (Å²) in [6.45, 7) is 0. The summed E-state index contributed by atoms with van der Waals surface area (Å²) in [5, 5.41) is 5.67. The number of rotatable bonds is 6. The summed E-state index contributed by atoms with van der Waals surface area (Å²) in [5.74, 6) is 0.759. The minimum absolute atomic E-state index is 0.270. The van der Waals surface area contributed by atoms with Crippen molar-refractivity contribution in [2.45, 2.75) is 0 Å². The summed E-state index contributed by atoms with van der Waals surface area (Å²) < 4.78 is 23.4. The Balaban J connectivity index is 1.70. The number of methoxy groups -OCH3 is 2. The van der Waals surface area contributed by atoms with Gasteiger partial charge in [-0.05, 0) is 36.4 Å². The van der Waals surface area contributed by atoms with Crippen molar-refractivity contribution in [2.24, 2.45) is 0 Å². The molecule has 8 heteroatoms. The molecule has 0 radical (unpaired) electrons. The Bertz CT molecular complexity index is 931. The average molecular weight is 368 g/mol. The molecule has 0 saturated carbocycles. The van der Waals surface area contributed by atoms with Crippen LogP contribution in [0.4, 0.5) is 21.7 Å². The smallest absolute Gasteiger partial charge is 0.258 e. The van der Waals surface area contributed by atoms with Gasteiger partial charge in [0.15, 0.2) is 0 Å². The van der Waals surface area contributed by atoms with E-state index in [1.54, 1.807) is 32.4 Å². The molecule has 7 nitrogen and oxygen atoms in total. The van der Waals surface area contributed by atoms with Crippen molar-refractivity contribution in [3.63, 3.8) is 0 Å². The van der Waals surface area contributed by atoms with Gasteiger partial charge >= 0.3 is 0 Å². The molecule has 0 fully saturated rings. The standard InChI is InChI=1S/C19H17FN4O3/c1-26-15-7-8-16(17(9-15)27-2)24-19-21-10-12(11-22-19)18(25)23-14-5-3-13(20)4-6-14/h3-11H,1-2H3,(H,23,25)(H,21,22,24). The van der Waals surface area contributed by atoms with Crippen LogP contribution in [0.15, 0.2) is 54.9 Å². The normalized spacial score (nSPS) is 10.2. The zero-order valence-corrected chi connectivity index (χ0v) is 14.7. The fourth-order valence-corrected chi connectivity index (χ4v) is 2.27. The number of hydrogen-bond donors (Lipinski definition) is 2. The van der Waals surface area contributed by atoms with E-state index in [0.717, 1.165) is 0 Å². The lowest BCUT2D eigenvalue weighted by atomic mass is 10.2. The van der Waals surface area contributed by atoms with Crippen molar-refractivity contribution in [2.75, 3.05) is 24.9 Å². The van der Waals surface area contributed by atoms with Gasteiger partial charge < -0.3 is 20.1 Å². The molecule has 0 unspecified atom stereocenters. The Morgan fingerprint density at radius 1 is 1.00 bits per heavy atom. The number of nitrogens with zero attached hydrogens (tertiary/aromatic N) is 2. The first-order valence-electron chi connectivity index (χ1n) is 7.97. The Kier molecular flexibility index (Phi) is 5.46. The second-order valence-corrected chi connectivity index (χ2v) is 5.45.